The summed E-state index contributed by atoms with van der Waals surface area (Å²) >= 11 is 0. The van der Waals surface area contributed by atoms with Crippen molar-refractivity contribution < 1.29 is 4.79 Å². The summed E-state index contributed by atoms with van der Waals surface area (Å²) < 4.78 is 1.93. The number of carbonyl (C=O) groups is 1. The van der Waals surface area contributed by atoms with Crippen LogP contribution >= 0.6 is 0 Å². The first-order valence-electron chi connectivity index (χ1n) is 8.51. The molecular weight excluding hydrogens is 262 g/mol. The van der Waals surface area contributed by atoms with Gasteiger partial charge in [-0.3, -0.25) is 9.48 Å². The van der Waals surface area contributed by atoms with Crippen LogP contribution in [0.2, 0.25) is 0 Å². The third kappa shape index (κ3) is 2.85. The summed E-state index contributed by atoms with van der Waals surface area (Å²) in [7, 11) is 0. The lowest BCUT2D eigenvalue weighted by atomic mass is 9.92. The van der Waals surface area contributed by atoms with Crippen molar-refractivity contribution in [3.63, 3.8) is 0 Å². The summed E-state index contributed by atoms with van der Waals surface area (Å²) in [5, 5.41) is 7.47. The molecule has 1 aromatic rings. The number of rotatable bonds is 5. The topological polar surface area (TPSA) is 46.9 Å². The number of nitrogens with zero attached hydrogens (tertiary/aromatic N) is 2. The summed E-state index contributed by atoms with van der Waals surface area (Å²) in [6, 6.07) is 0. The Balaban J connectivity index is 1.57. The lowest BCUT2D eigenvalue weighted by Gasteiger charge is -2.18. The van der Waals surface area contributed by atoms with Crippen LogP contribution < -0.4 is 5.32 Å². The van der Waals surface area contributed by atoms with Crippen molar-refractivity contribution in [2.24, 2.45) is 17.8 Å². The highest BCUT2D eigenvalue weighted by molar-refractivity contribution is 5.95. The third-order valence-corrected chi connectivity index (χ3v) is 5.54. The number of aromatic nitrogens is 2. The molecule has 21 heavy (non-hydrogen) atoms. The van der Waals surface area contributed by atoms with E-state index in [0.717, 1.165) is 42.6 Å². The van der Waals surface area contributed by atoms with E-state index in [2.05, 4.69) is 17.3 Å². The van der Waals surface area contributed by atoms with Gasteiger partial charge in [0, 0.05) is 18.8 Å². The van der Waals surface area contributed by atoms with Gasteiger partial charge in [0.05, 0.1) is 11.8 Å². The predicted octanol–water partition coefficient (Wildman–Crippen LogP) is 3.16. The fourth-order valence-corrected chi connectivity index (χ4v) is 4.37. The largest absolute Gasteiger partial charge is 0.352 e. The van der Waals surface area contributed by atoms with Crippen LogP contribution in [0.4, 0.5) is 0 Å². The molecule has 2 aliphatic carbocycles. The van der Waals surface area contributed by atoms with Crippen molar-refractivity contribution >= 4 is 5.91 Å². The number of nitrogens with one attached hydrogen (secondary N) is 1. The van der Waals surface area contributed by atoms with Gasteiger partial charge in [0.25, 0.3) is 5.91 Å². The van der Waals surface area contributed by atoms with E-state index in [9.17, 15) is 4.79 Å². The highest BCUT2D eigenvalue weighted by Crippen LogP contribution is 2.47. The summed E-state index contributed by atoms with van der Waals surface area (Å²) in [5.74, 6) is 2.57. The Morgan fingerprint density at radius 3 is 3.05 bits per heavy atom. The average Bonchev–Trinajstić information content (AvgIpc) is 3.14. The SMILES string of the molecule is CCCn1ncc(C(=O)NC[C@H]2CC[C@@H]3CCC[C@@H]32)c1C. The number of fused-ring (bicyclic) bond motifs is 1. The maximum atomic E-state index is 12.4. The predicted molar refractivity (Wildman–Crippen MR) is 83.1 cm³/mol. The first kappa shape index (κ1) is 14.6. The Morgan fingerprint density at radius 2 is 2.24 bits per heavy atom. The van der Waals surface area contributed by atoms with Crippen LogP contribution in [-0.2, 0) is 6.54 Å². The molecule has 0 aromatic carbocycles. The monoisotopic (exact) mass is 289 g/mol. The summed E-state index contributed by atoms with van der Waals surface area (Å²) in [6.07, 6.45) is 9.60. The minimum absolute atomic E-state index is 0.0521. The Labute approximate surface area is 127 Å². The molecule has 2 fully saturated rings. The van der Waals surface area contributed by atoms with Crippen LogP contribution in [0.5, 0.6) is 0 Å². The van der Waals surface area contributed by atoms with E-state index < -0.39 is 0 Å². The van der Waals surface area contributed by atoms with Gasteiger partial charge in [0.2, 0.25) is 0 Å². The van der Waals surface area contributed by atoms with E-state index in [1.807, 2.05) is 11.6 Å². The number of hydrogen-bond acceptors (Lipinski definition) is 2. The fourth-order valence-electron chi connectivity index (χ4n) is 4.37. The zero-order valence-corrected chi connectivity index (χ0v) is 13.3. The zero-order chi connectivity index (χ0) is 14.8. The first-order valence-corrected chi connectivity index (χ1v) is 8.51. The van der Waals surface area contributed by atoms with E-state index >= 15 is 0 Å². The van der Waals surface area contributed by atoms with Gasteiger partial charge in [-0.05, 0) is 50.4 Å². The Bertz CT molecular complexity index is 508. The van der Waals surface area contributed by atoms with Crippen LogP contribution in [0.3, 0.4) is 0 Å². The lowest BCUT2D eigenvalue weighted by Crippen LogP contribution is -2.31. The lowest BCUT2D eigenvalue weighted by molar-refractivity contribution is 0.0942. The second-order valence-electron chi connectivity index (χ2n) is 6.77. The van der Waals surface area contributed by atoms with Gasteiger partial charge < -0.3 is 5.32 Å². The van der Waals surface area contributed by atoms with Gasteiger partial charge in [0.15, 0.2) is 0 Å². The number of aryl methyl sites for hydroxylation is 1. The van der Waals surface area contributed by atoms with Crippen LogP contribution in [0, 0.1) is 24.7 Å². The Morgan fingerprint density at radius 1 is 1.38 bits per heavy atom. The highest BCUT2D eigenvalue weighted by atomic mass is 16.1. The molecule has 1 aromatic heterocycles. The molecule has 1 N–H and O–H groups in total. The minimum Gasteiger partial charge on any atom is -0.352 e. The molecule has 3 atom stereocenters. The molecular formula is C17H27N3O. The average molecular weight is 289 g/mol. The van der Waals surface area contributed by atoms with Crippen molar-refractivity contribution in [1.82, 2.24) is 15.1 Å². The quantitative estimate of drug-likeness (QED) is 0.905. The summed E-state index contributed by atoms with van der Waals surface area (Å²) in [4.78, 5) is 12.4. The number of hydrogen-bond donors (Lipinski definition) is 1. The van der Waals surface area contributed by atoms with Crippen LogP contribution in [0.25, 0.3) is 0 Å². The molecule has 2 aliphatic rings. The van der Waals surface area contributed by atoms with Gasteiger partial charge in [-0.15, -0.1) is 0 Å². The second-order valence-corrected chi connectivity index (χ2v) is 6.77. The van der Waals surface area contributed by atoms with Crippen molar-refractivity contribution in [3.05, 3.63) is 17.5 Å². The fraction of sp³-hybridized carbons (Fsp3) is 0.765. The van der Waals surface area contributed by atoms with Crippen molar-refractivity contribution in [2.45, 2.75) is 58.9 Å². The van der Waals surface area contributed by atoms with E-state index in [-0.39, 0.29) is 5.91 Å². The molecule has 0 spiro atoms. The normalized spacial score (nSPS) is 27.8. The van der Waals surface area contributed by atoms with Crippen molar-refractivity contribution in [1.29, 1.82) is 0 Å². The molecule has 4 nitrogen and oxygen atoms in total. The van der Waals surface area contributed by atoms with Gasteiger partial charge in [-0.25, -0.2) is 0 Å². The maximum absolute atomic E-state index is 12.4. The summed E-state index contributed by atoms with van der Waals surface area (Å²) in [5.41, 5.74) is 1.73. The molecule has 1 amide bonds. The van der Waals surface area contributed by atoms with Crippen LogP contribution in [0.1, 0.15) is 61.5 Å². The molecule has 0 aliphatic heterocycles. The zero-order valence-electron chi connectivity index (χ0n) is 13.3. The van der Waals surface area contributed by atoms with Crippen molar-refractivity contribution in [2.75, 3.05) is 6.54 Å². The second kappa shape index (κ2) is 6.20. The number of amides is 1. The smallest absolute Gasteiger partial charge is 0.254 e. The number of carbonyl (C=O) groups excluding carboxylic acids is 1. The minimum atomic E-state index is 0.0521. The Kier molecular flexibility index (Phi) is 4.32. The summed E-state index contributed by atoms with van der Waals surface area (Å²) in [6.45, 7) is 5.84. The van der Waals surface area contributed by atoms with E-state index in [1.165, 1.54) is 32.1 Å². The standard InChI is InChI=1S/C17H27N3O/c1-3-9-20-12(2)16(11-19-20)17(21)18-10-14-8-7-13-5-4-6-15(13)14/h11,13-15H,3-10H2,1-2H3,(H,18,21)/t13-,14+,15-/m0/s1. The van der Waals surface area contributed by atoms with Gasteiger partial charge in [0.1, 0.15) is 0 Å². The molecule has 0 radical (unpaired) electrons. The Hall–Kier alpha value is -1.32. The van der Waals surface area contributed by atoms with Gasteiger partial charge in [-0.1, -0.05) is 19.8 Å². The molecule has 2 saturated carbocycles. The van der Waals surface area contributed by atoms with E-state index in [1.54, 1.807) is 6.20 Å². The molecule has 0 unspecified atom stereocenters. The molecule has 1 heterocycles. The van der Waals surface area contributed by atoms with Crippen LogP contribution in [-0.4, -0.2) is 22.2 Å². The maximum Gasteiger partial charge on any atom is 0.254 e. The molecule has 0 saturated heterocycles. The molecule has 116 valence electrons. The van der Waals surface area contributed by atoms with E-state index in [0.29, 0.717) is 5.92 Å². The third-order valence-electron chi connectivity index (χ3n) is 5.54. The van der Waals surface area contributed by atoms with Gasteiger partial charge in [-0.2, -0.15) is 5.10 Å². The highest BCUT2D eigenvalue weighted by Gasteiger charge is 2.38. The van der Waals surface area contributed by atoms with E-state index in [4.69, 9.17) is 0 Å². The first-order chi connectivity index (χ1) is 10.2. The molecule has 4 heteroatoms. The van der Waals surface area contributed by atoms with Crippen LogP contribution in [0.15, 0.2) is 6.20 Å². The van der Waals surface area contributed by atoms with Gasteiger partial charge >= 0.3 is 0 Å². The van der Waals surface area contributed by atoms with Crippen molar-refractivity contribution in [3.8, 4) is 0 Å². The molecule has 3 rings (SSSR count). The molecule has 0 bridgehead atoms.